The van der Waals surface area contributed by atoms with Gasteiger partial charge in [0.05, 0.1) is 7.11 Å². The van der Waals surface area contributed by atoms with E-state index in [1.54, 1.807) is 37.5 Å². The number of allylic oxidation sites excluding steroid dienone is 1. The summed E-state index contributed by atoms with van der Waals surface area (Å²) < 4.78 is 17.2. The molecule has 118 valence electrons. The van der Waals surface area contributed by atoms with Gasteiger partial charge in [0.15, 0.2) is 17.3 Å². The van der Waals surface area contributed by atoms with Crippen LogP contribution < -0.4 is 14.2 Å². The highest BCUT2D eigenvalue weighted by atomic mass is 79.9. The summed E-state index contributed by atoms with van der Waals surface area (Å²) in [5.41, 5.74) is 1.40. The molecular weight excluding hydrogens is 360 g/mol. The zero-order valence-corrected chi connectivity index (χ0v) is 14.1. The van der Waals surface area contributed by atoms with E-state index < -0.39 is 0 Å². The summed E-state index contributed by atoms with van der Waals surface area (Å²) in [6, 6.07) is 10.8. The summed E-state index contributed by atoms with van der Waals surface area (Å²) in [4.78, 5) is 12.3. The van der Waals surface area contributed by atoms with Crippen LogP contribution in [-0.2, 0) is 0 Å². The molecule has 0 radical (unpaired) electrons. The summed E-state index contributed by atoms with van der Waals surface area (Å²) in [5.74, 6) is 1.98. The zero-order valence-electron chi connectivity index (χ0n) is 12.5. The molecule has 0 atom stereocenters. The number of carbonyl (C=O) groups is 1. The smallest absolute Gasteiger partial charge is 0.185 e. The molecule has 0 unspecified atom stereocenters. The van der Waals surface area contributed by atoms with Crippen molar-refractivity contribution in [3.05, 3.63) is 58.1 Å². The van der Waals surface area contributed by atoms with Crippen LogP contribution in [0, 0.1) is 0 Å². The summed E-state index contributed by atoms with van der Waals surface area (Å²) in [7, 11) is 1.59. The number of benzene rings is 2. The molecule has 0 saturated carbocycles. The fourth-order valence-corrected chi connectivity index (χ4v) is 2.74. The molecule has 0 spiro atoms. The van der Waals surface area contributed by atoms with Gasteiger partial charge in [0.1, 0.15) is 19.0 Å². The number of ketones is 1. The normalized spacial score (nSPS) is 13.1. The first-order valence-corrected chi connectivity index (χ1v) is 7.92. The lowest BCUT2D eigenvalue weighted by molar-refractivity contribution is 0.104. The minimum absolute atomic E-state index is 0.0851. The summed E-state index contributed by atoms with van der Waals surface area (Å²) in [5, 5.41) is 0. The monoisotopic (exact) mass is 374 g/mol. The molecule has 3 rings (SSSR count). The van der Waals surface area contributed by atoms with E-state index in [0.717, 1.165) is 15.8 Å². The standard InChI is InChI=1S/C18H15BrO4/c1-21-15-5-2-12(3-6-15)16(20)7-4-13-10-14(19)11-17-18(13)23-9-8-22-17/h2-7,10-11H,8-9H2,1H3. The molecule has 0 saturated heterocycles. The van der Waals surface area contributed by atoms with Gasteiger partial charge < -0.3 is 14.2 Å². The maximum absolute atomic E-state index is 12.3. The average Bonchev–Trinajstić information content (AvgIpc) is 2.59. The molecule has 2 aromatic rings. The van der Waals surface area contributed by atoms with Gasteiger partial charge in [-0.2, -0.15) is 0 Å². The Kier molecular flexibility index (Phi) is 4.67. The molecule has 1 aliphatic heterocycles. The summed E-state index contributed by atoms with van der Waals surface area (Å²) >= 11 is 3.44. The van der Waals surface area contributed by atoms with Crippen LogP contribution in [0.3, 0.4) is 0 Å². The first-order chi connectivity index (χ1) is 11.2. The molecule has 0 bridgehead atoms. The number of methoxy groups -OCH3 is 1. The lowest BCUT2D eigenvalue weighted by Crippen LogP contribution is -2.16. The fraction of sp³-hybridized carbons (Fsp3) is 0.167. The molecule has 5 heteroatoms. The molecule has 1 aliphatic rings. The molecule has 0 aromatic heterocycles. The fourth-order valence-electron chi connectivity index (χ4n) is 2.29. The van der Waals surface area contributed by atoms with Crippen molar-refractivity contribution in [2.24, 2.45) is 0 Å². The first kappa shape index (κ1) is 15.6. The van der Waals surface area contributed by atoms with E-state index >= 15 is 0 Å². The molecule has 0 N–H and O–H groups in total. The van der Waals surface area contributed by atoms with Gasteiger partial charge in [-0.25, -0.2) is 0 Å². The number of fused-ring (bicyclic) bond motifs is 1. The van der Waals surface area contributed by atoms with Crippen molar-refractivity contribution in [2.45, 2.75) is 0 Å². The van der Waals surface area contributed by atoms with E-state index in [1.165, 1.54) is 6.08 Å². The van der Waals surface area contributed by atoms with Gasteiger partial charge in [-0.05, 0) is 48.6 Å². The predicted molar refractivity (Wildman–Crippen MR) is 91.5 cm³/mol. The first-order valence-electron chi connectivity index (χ1n) is 7.13. The van der Waals surface area contributed by atoms with Crippen molar-refractivity contribution in [3.63, 3.8) is 0 Å². The quantitative estimate of drug-likeness (QED) is 0.596. The molecule has 0 amide bonds. The Morgan fingerprint density at radius 1 is 1.17 bits per heavy atom. The van der Waals surface area contributed by atoms with E-state index in [0.29, 0.717) is 30.3 Å². The lowest BCUT2D eigenvalue weighted by Gasteiger charge is -2.20. The van der Waals surface area contributed by atoms with E-state index in [4.69, 9.17) is 14.2 Å². The van der Waals surface area contributed by atoms with Gasteiger partial charge in [0.25, 0.3) is 0 Å². The zero-order chi connectivity index (χ0) is 16.2. The summed E-state index contributed by atoms with van der Waals surface area (Å²) in [6.07, 6.45) is 3.27. The van der Waals surface area contributed by atoms with Crippen LogP contribution >= 0.6 is 15.9 Å². The Bertz CT molecular complexity index is 750. The molecular formula is C18H15BrO4. The van der Waals surface area contributed by atoms with Crippen LogP contribution in [0.4, 0.5) is 0 Å². The van der Waals surface area contributed by atoms with Gasteiger partial charge in [0.2, 0.25) is 0 Å². The molecule has 4 nitrogen and oxygen atoms in total. The van der Waals surface area contributed by atoms with Gasteiger partial charge in [0, 0.05) is 15.6 Å². The Morgan fingerprint density at radius 3 is 2.65 bits per heavy atom. The third kappa shape index (κ3) is 3.56. The number of halogens is 1. The topological polar surface area (TPSA) is 44.8 Å². The van der Waals surface area contributed by atoms with Crippen molar-refractivity contribution in [1.29, 1.82) is 0 Å². The largest absolute Gasteiger partial charge is 0.497 e. The third-order valence-electron chi connectivity index (χ3n) is 3.42. The van der Waals surface area contributed by atoms with Gasteiger partial charge in [-0.3, -0.25) is 4.79 Å². The van der Waals surface area contributed by atoms with Crippen molar-refractivity contribution >= 4 is 27.8 Å². The SMILES string of the molecule is COc1ccc(C(=O)C=Cc2cc(Br)cc3c2OCCO3)cc1. The van der Waals surface area contributed by atoms with Crippen LogP contribution in [0.25, 0.3) is 6.08 Å². The Balaban J connectivity index is 1.84. The molecule has 23 heavy (non-hydrogen) atoms. The number of ether oxygens (including phenoxy) is 3. The highest BCUT2D eigenvalue weighted by molar-refractivity contribution is 9.10. The molecule has 0 fully saturated rings. The van der Waals surface area contributed by atoms with Gasteiger partial charge >= 0.3 is 0 Å². The second-order valence-corrected chi connectivity index (χ2v) is 5.86. The second-order valence-electron chi connectivity index (χ2n) is 4.95. The Hall–Kier alpha value is -2.27. The van der Waals surface area contributed by atoms with Gasteiger partial charge in [-0.15, -0.1) is 0 Å². The maximum atomic E-state index is 12.3. The number of hydrogen-bond acceptors (Lipinski definition) is 4. The van der Waals surface area contributed by atoms with Crippen LogP contribution in [0.5, 0.6) is 17.2 Å². The predicted octanol–water partition coefficient (Wildman–Crippen LogP) is 4.13. The van der Waals surface area contributed by atoms with E-state index in [-0.39, 0.29) is 5.78 Å². The van der Waals surface area contributed by atoms with Crippen molar-refractivity contribution in [3.8, 4) is 17.2 Å². The number of rotatable bonds is 4. The molecule has 1 heterocycles. The van der Waals surface area contributed by atoms with E-state index in [2.05, 4.69) is 15.9 Å². The maximum Gasteiger partial charge on any atom is 0.185 e. The highest BCUT2D eigenvalue weighted by Gasteiger charge is 2.16. The highest BCUT2D eigenvalue weighted by Crippen LogP contribution is 2.37. The van der Waals surface area contributed by atoms with Crippen LogP contribution in [0.1, 0.15) is 15.9 Å². The van der Waals surface area contributed by atoms with Crippen molar-refractivity contribution < 1.29 is 19.0 Å². The minimum atomic E-state index is -0.0851. The summed E-state index contributed by atoms with van der Waals surface area (Å²) in [6.45, 7) is 1.03. The Labute approximate surface area is 142 Å². The Morgan fingerprint density at radius 2 is 1.91 bits per heavy atom. The second kappa shape index (κ2) is 6.87. The van der Waals surface area contributed by atoms with Gasteiger partial charge in [-0.1, -0.05) is 15.9 Å². The van der Waals surface area contributed by atoms with Crippen LogP contribution in [0.2, 0.25) is 0 Å². The number of carbonyl (C=O) groups excluding carboxylic acids is 1. The van der Waals surface area contributed by atoms with Crippen molar-refractivity contribution in [1.82, 2.24) is 0 Å². The van der Waals surface area contributed by atoms with Crippen LogP contribution in [0.15, 0.2) is 46.9 Å². The van der Waals surface area contributed by atoms with Crippen molar-refractivity contribution in [2.75, 3.05) is 20.3 Å². The van der Waals surface area contributed by atoms with E-state index in [9.17, 15) is 4.79 Å². The average molecular weight is 375 g/mol. The number of hydrogen-bond donors (Lipinski definition) is 0. The molecule has 0 aliphatic carbocycles. The van der Waals surface area contributed by atoms with E-state index in [1.807, 2.05) is 12.1 Å². The lowest BCUT2D eigenvalue weighted by atomic mass is 10.1. The van der Waals surface area contributed by atoms with Crippen LogP contribution in [-0.4, -0.2) is 26.1 Å². The molecule has 2 aromatic carbocycles. The minimum Gasteiger partial charge on any atom is -0.497 e. The third-order valence-corrected chi connectivity index (χ3v) is 3.88.